The Kier molecular flexibility index (Phi) is 8.44. The van der Waals surface area contributed by atoms with Crippen LogP contribution >= 0.6 is 0 Å². The minimum atomic E-state index is -1.59. The molecule has 0 amide bonds. The highest BCUT2D eigenvalue weighted by atomic mass is 16.7. The van der Waals surface area contributed by atoms with E-state index in [-0.39, 0.29) is 36.4 Å². The molecule has 2 aliphatic rings. The Balaban J connectivity index is 1.72. The van der Waals surface area contributed by atoms with Crippen LogP contribution in [0.3, 0.4) is 0 Å². The molecule has 2 aromatic carbocycles. The largest absolute Gasteiger partial charge is 0.504 e. The third-order valence-corrected chi connectivity index (χ3v) is 7.39. The summed E-state index contributed by atoms with van der Waals surface area (Å²) in [6.07, 6.45) is -6.68. The quantitative estimate of drug-likeness (QED) is 0.245. The normalized spacial score (nSPS) is 31.5. The highest BCUT2D eigenvalue weighted by molar-refractivity contribution is 5.53. The Hall–Kier alpha value is -2.64. The average Bonchev–Trinajstić information content (AvgIpc) is 2.90. The molecule has 11 nitrogen and oxygen atoms in total. The molecule has 0 radical (unpaired) electrons. The highest BCUT2D eigenvalue weighted by Gasteiger charge is 2.45. The van der Waals surface area contributed by atoms with Gasteiger partial charge >= 0.3 is 0 Å². The first-order chi connectivity index (χ1) is 17.7. The van der Waals surface area contributed by atoms with Crippen molar-refractivity contribution in [3.8, 4) is 23.0 Å². The Morgan fingerprint density at radius 1 is 0.865 bits per heavy atom. The summed E-state index contributed by atoms with van der Waals surface area (Å²) in [7, 11) is 2.88. The molecule has 8 atom stereocenters. The molecule has 11 heteroatoms. The van der Waals surface area contributed by atoms with Gasteiger partial charge in [0.1, 0.15) is 24.4 Å². The van der Waals surface area contributed by atoms with Gasteiger partial charge in [0.15, 0.2) is 29.3 Å². The third-order valence-electron chi connectivity index (χ3n) is 7.39. The first kappa shape index (κ1) is 27.4. The molecule has 37 heavy (non-hydrogen) atoms. The SMILES string of the molecule is COc1cc([C@@H]2c3cc(O)c(OC)cc3C[C@H](CO)[C@H]2CO[C@H]2O[C@H](CO)[C@@H](O)[C@H](O)[C@H]2O)ccc1O. The standard InChI is InChI=1S/C26H34O11/c1-34-19-6-12(3-4-17(19)29)22-15-8-18(30)20(35-2)7-13(15)5-14(9-27)16(22)11-36-26-25(33)24(32)23(31)21(10-28)37-26/h3-4,6-8,14,16,21-33H,5,9-11H2,1-2H3/t14-,16-,21-,22-,23-,24+,25-,26+/m1/s1. The predicted molar refractivity (Wildman–Crippen MR) is 129 cm³/mol. The molecule has 1 saturated heterocycles. The number of methoxy groups -OCH3 is 2. The van der Waals surface area contributed by atoms with Gasteiger partial charge in [-0.25, -0.2) is 0 Å². The van der Waals surface area contributed by atoms with E-state index in [1.807, 2.05) is 0 Å². The van der Waals surface area contributed by atoms with Crippen LogP contribution in [0, 0.1) is 11.8 Å². The van der Waals surface area contributed by atoms with E-state index in [9.17, 15) is 35.7 Å². The lowest BCUT2D eigenvalue weighted by Gasteiger charge is -2.43. The Labute approximate surface area is 214 Å². The van der Waals surface area contributed by atoms with Crippen LogP contribution in [-0.4, -0.2) is 100 Å². The smallest absolute Gasteiger partial charge is 0.186 e. The number of rotatable bonds is 8. The van der Waals surface area contributed by atoms with Gasteiger partial charge < -0.3 is 54.7 Å². The molecule has 2 aromatic rings. The van der Waals surface area contributed by atoms with Gasteiger partial charge in [-0.3, -0.25) is 0 Å². The van der Waals surface area contributed by atoms with Crippen LogP contribution < -0.4 is 9.47 Å². The topological polar surface area (TPSA) is 179 Å². The van der Waals surface area contributed by atoms with Gasteiger partial charge in [0.05, 0.1) is 27.4 Å². The van der Waals surface area contributed by atoms with Crippen molar-refractivity contribution in [3.05, 3.63) is 47.0 Å². The fraction of sp³-hybridized carbons (Fsp3) is 0.538. The van der Waals surface area contributed by atoms with E-state index >= 15 is 0 Å². The van der Waals surface area contributed by atoms with Gasteiger partial charge in [-0.1, -0.05) is 6.07 Å². The first-order valence-corrected chi connectivity index (χ1v) is 12.0. The van der Waals surface area contributed by atoms with E-state index in [0.29, 0.717) is 12.2 Å². The van der Waals surface area contributed by atoms with Crippen LogP contribution in [-0.2, 0) is 15.9 Å². The minimum Gasteiger partial charge on any atom is -0.504 e. The molecule has 0 bridgehead atoms. The Bertz CT molecular complexity index is 1070. The highest BCUT2D eigenvalue weighted by Crippen LogP contribution is 2.48. The molecule has 0 spiro atoms. The van der Waals surface area contributed by atoms with Crippen LogP contribution in [0.25, 0.3) is 0 Å². The average molecular weight is 523 g/mol. The number of fused-ring (bicyclic) bond motifs is 1. The van der Waals surface area contributed by atoms with Crippen LogP contribution in [0.2, 0.25) is 0 Å². The van der Waals surface area contributed by atoms with E-state index in [0.717, 1.165) is 16.7 Å². The van der Waals surface area contributed by atoms with Crippen molar-refractivity contribution in [3.63, 3.8) is 0 Å². The van der Waals surface area contributed by atoms with Crippen LogP contribution in [0.5, 0.6) is 23.0 Å². The molecule has 4 rings (SSSR count). The summed E-state index contributed by atoms with van der Waals surface area (Å²) in [4.78, 5) is 0. The molecule has 1 aliphatic carbocycles. The molecule has 204 valence electrons. The Morgan fingerprint density at radius 3 is 2.22 bits per heavy atom. The van der Waals surface area contributed by atoms with Gasteiger partial charge in [-0.05, 0) is 59.2 Å². The third kappa shape index (κ3) is 5.21. The number of phenolic OH excluding ortho intramolecular Hbond substituents is 2. The van der Waals surface area contributed by atoms with Gasteiger partial charge in [-0.15, -0.1) is 0 Å². The van der Waals surface area contributed by atoms with Crippen LogP contribution in [0.15, 0.2) is 30.3 Å². The summed E-state index contributed by atoms with van der Waals surface area (Å²) in [6, 6.07) is 8.22. The van der Waals surface area contributed by atoms with E-state index < -0.39 is 49.1 Å². The second-order valence-corrected chi connectivity index (χ2v) is 9.47. The fourth-order valence-electron chi connectivity index (χ4n) is 5.35. The number of ether oxygens (including phenoxy) is 4. The van der Waals surface area contributed by atoms with Crippen LogP contribution in [0.1, 0.15) is 22.6 Å². The lowest BCUT2D eigenvalue weighted by molar-refractivity contribution is -0.304. The zero-order valence-corrected chi connectivity index (χ0v) is 20.6. The van der Waals surface area contributed by atoms with Gasteiger partial charge in [0.2, 0.25) is 0 Å². The monoisotopic (exact) mass is 522 g/mol. The maximum Gasteiger partial charge on any atom is 0.186 e. The first-order valence-electron chi connectivity index (χ1n) is 12.0. The molecule has 0 aromatic heterocycles. The zero-order valence-electron chi connectivity index (χ0n) is 20.6. The van der Waals surface area contributed by atoms with Crippen molar-refractivity contribution in [2.24, 2.45) is 11.8 Å². The summed E-state index contributed by atoms with van der Waals surface area (Å²) in [5.41, 5.74) is 2.34. The van der Waals surface area contributed by atoms with E-state index in [2.05, 4.69) is 0 Å². The molecular weight excluding hydrogens is 488 g/mol. The van der Waals surface area contributed by atoms with Crippen molar-refractivity contribution < 1.29 is 54.7 Å². The van der Waals surface area contributed by atoms with E-state index in [4.69, 9.17) is 18.9 Å². The van der Waals surface area contributed by atoms with Gasteiger partial charge in [-0.2, -0.15) is 0 Å². The van der Waals surface area contributed by atoms with Crippen molar-refractivity contribution in [1.82, 2.24) is 0 Å². The molecule has 1 heterocycles. The van der Waals surface area contributed by atoms with Crippen molar-refractivity contribution in [2.75, 3.05) is 34.0 Å². The van der Waals surface area contributed by atoms with Crippen molar-refractivity contribution in [1.29, 1.82) is 0 Å². The number of hydrogen-bond donors (Lipinski definition) is 7. The predicted octanol–water partition coefficient (Wildman–Crippen LogP) is -0.156. The summed E-state index contributed by atoms with van der Waals surface area (Å²) in [6.45, 7) is -0.830. The molecule has 0 unspecified atom stereocenters. The number of aliphatic hydroxyl groups is 5. The number of benzene rings is 2. The summed E-state index contributed by atoms with van der Waals surface area (Å²) >= 11 is 0. The van der Waals surface area contributed by atoms with E-state index in [1.54, 1.807) is 24.3 Å². The van der Waals surface area contributed by atoms with Crippen molar-refractivity contribution in [2.45, 2.75) is 43.0 Å². The summed E-state index contributed by atoms with van der Waals surface area (Å²) < 4.78 is 22.0. The minimum absolute atomic E-state index is 0.0476. The van der Waals surface area contributed by atoms with E-state index in [1.165, 1.54) is 20.3 Å². The number of aromatic hydroxyl groups is 2. The number of hydrogen-bond acceptors (Lipinski definition) is 11. The maximum atomic E-state index is 10.6. The second-order valence-electron chi connectivity index (χ2n) is 9.47. The molecular formula is C26H34O11. The lowest BCUT2D eigenvalue weighted by Crippen LogP contribution is -2.59. The van der Waals surface area contributed by atoms with Gasteiger partial charge in [0.25, 0.3) is 0 Å². The molecule has 0 saturated carbocycles. The second kappa shape index (κ2) is 11.4. The summed E-state index contributed by atoms with van der Waals surface area (Å²) in [5.74, 6) is -0.744. The fourth-order valence-corrected chi connectivity index (χ4v) is 5.35. The molecule has 1 aliphatic heterocycles. The molecule has 7 N–H and O–H groups in total. The maximum absolute atomic E-state index is 10.6. The van der Waals surface area contributed by atoms with Crippen LogP contribution in [0.4, 0.5) is 0 Å². The zero-order chi connectivity index (χ0) is 26.9. The van der Waals surface area contributed by atoms with Crippen molar-refractivity contribution >= 4 is 0 Å². The van der Waals surface area contributed by atoms with Gasteiger partial charge in [0, 0.05) is 12.5 Å². The lowest BCUT2D eigenvalue weighted by atomic mass is 9.67. The number of aliphatic hydroxyl groups excluding tert-OH is 5. The summed E-state index contributed by atoms with van der Waals surface area (Å²) in [5, 5.41) is 71.2. The Morgan fingerprint density at radius 2 is 1.57 bits per heavy atom. The molecule has 1 fully saturated rings. The number of phenols is 2.